The van der Waals surface area contributed by atoms with Crippen molar-refractivity contribution >= 4 is 34.2 Å². The van der Waals surface area contributed by atoms with E-state index in [0.717, 1.165) is 10.9 Å². The van der Waals surface area contributed by atoms with Gasteiger partial charge in [-0.3, -0.25) is 14.6 Å². The van der Waals surface area contributed by atoms with Crippen LogP contribution in [0.25, 0.3) is 22.2 Å². The largest absolute Gasteiger partial charge is 0.378 e. The van der Waals surface area contributed by atoms with Crippen molar-refractivity contribution in [2.75, 3.05) is 26.3 Å². The second-order valence-electron chi connectivity index (χ2n) is 7.04. The minimum atomic E-state index is -0.0645. The van der Waals surface area contributed by atoms with Gasteiger partial charge in [0.1, 0.15) is 5.78 Å². The Morgan fingerprint density at radius 1 is 1.14 bits per heavy atom. The van der Waals surface area contributed by atoms with Crippen LogP contribution in [0.1, 0.15) is 23.0 Å². The van der Waals surface area contributed by atoms with Gasteiger partial charge in [-0.15, -0.1) is 0 Å². The smallest absolute Gasteiger partial charge is 0.254 e. The molecule has 0 N–H and O–H groups in total. The quantitative estimate of drug-likeness (QED) is 0.658. The lowest BCUT2D eigenvalue weighted by molar-refractivity contribution is -0.116. The minimum absolute atomic E-state index is 0.0596. The molecule has 4 rings (SSSR count). The molecule has 0 radical (unpaired) electrons. The average Bonchev–Trinajstić information content (AvgIpc) is 2.73. The molecule has 1 amide bonds. The van der Waals surface area contributed by atoms with Crippen LogP contribution in [0.4, 0.5) is 0 Å². The Labute approximate surface area is 173 Å². The van der Waals surface area contributed by atoms with E-state index in [0.29, 0.717) is 60.2 Å². The molecule has 1 saturated heterocycles. The number of pyridine rings is 2. The van der Waals surface area contributed by atoms with Gasteiger partial charge in [0.2, 0.25) is 0 Å². The van der Waals surface area contributed by atoms with Crippen molar-refractivity contribution in [3.63, 3.8) is 0 Å². The summed E-state index contributed by atoms with van der Waals surface area (Å²) in [6.45, 7) is 3.71. The standard InChI is InChI=1S/C22H20ClN3O3/c1-14(27)10-17-4-2-15(13-24-17)21-12-19(22(28)26-6-8-29-9-7-26)18-11-16(23)3-5-20(18)25-21/h2-5,11-13H,6-10H2,1H3. The third kappa shape index (κ3) is 4.28. The third-order valence-electron chi connectivity index (χ3n) is 4.85. The molecule has 0 atom stereocenters. The molecule has 148 valence electrons. The molecule has 0 aliphatic carbocycles. The summed E-state index contributed by atoms with van der Waals surface area (Å²) in [4.78, 5) is 35.4. The average molecular weight is 410 g/mol. The van der Waals surface area contributed by atoms with Gasteiger partial charge in [-0.25, -0.2) is 4.98 Å². The number of hydrogen-bond acceptors (Lipinski definition) is 5. The van der Waals surface area contributed by atoms with E-state index in [1.54, 1.807) is 29.3 Å². The lowest BCUT2D eigenvalue weighted by Gasteiger charge is -2.27. The highest BCUT2D eigenvalue weighted by Gasteiger charge is 2.22. The van der Waals surface area contributed by atoms with Crippen molar-refractivity contribution in [1.29, 1.82) is 0 Å². The number of halogens is 1. The first-order valence-corrected chi connectivity index (χ1v) is 9.81. The van der Waals surface area contributed by atoms with Crippen LogP contribution in [-0.2, 0) is 16.0 Å². The van der Waals surface area contributed by atoms with E-state index in [-0.39, 0.29) is 11.7 Å². The van der Waals surface area contributed by atoms with Crippen molar-refractivity contribution in [3.05, 3.63) is 58.9 Å². The van der Waals surface area contributed by atoms with Gasteiger partial charge in [0, 0.05) is 47.4 Å². The number of rotatable bonds is 4. The summed E-state index contributed by atoms with van der Waals surface area (Å²) in [6, 6.07) is 10.8. The van der Waals surface area contributed by atoms with E-state index in [1.807, 2.05) is 18.2 Å². The molecule has 1 aliphatic heterocycles. The van der Waals surface area contributed by atoms with Crippen molar-refractivity contribution in [3.8, 4) is 11.3 Å². The molecule has 0 bridgehead atoms. The number of carbonyl (C=O) groups excluding carboxylic acids is 2. The van der Waals surface area contributed by atoms with E-state index in [1.165, 1.54) is 6.92 Å². The Bertz CT molecular complexity index is 1080. The second-order valence-corrected chi connectivity index (χ2v) is 7.47. The normalized spacial score (nSPS) is 14.2. The molecule has 2 aromatic heterocycles. The molecule has 6 nitrogen and oxygen atoms in total. The van der Waals surface area contributed by atoms with E-state index < -0.39 is 0 Å². The Morgan fingerprint density at radius 3 is 2.62 bits per heavy atom. The predicted octanol–water partition coefficient (Wildman–Crippen LogP) is 3.55. The molecule has 29 heavy (non-hydrogen) atoms. The maximum absolute atomic E-state index is 13.2. The van der Waals surface area contributed by atoms with E-state index >= 15 is 0 Å². The fraction of sp³-hybridized carbons (Fsp3) is 0.273. The van der Waals surface area contributed by atoms with Gasteiger partial charge in [0.25, 0.3) is 5.91 Å². The number of benzene rings is 1. The van der Waals surface area contributed by atoms with Crippen LogP contribution < -0.4 is 0 Å². The zero-order valence-corrected chi connectivity index (χ0v) is 16.8. The van der Waals surface area contributed by atoms with Crippen LogP contribution >= 0.6 is 11.6 Å². The Kier molecular flexibility index (Phi) is 5.56. The number of amides is 1. The number of hydrogen-bond donors (Lipinski definition) is 0. The van der Waals surface area contributed by atoms with Crippen molar-refractivity contribution in [2.24, 2.45) is 0 Å². The van der Waals surface area contributed by atoms with Gasteiger partial charge >= 0.3 is 0 Å². The summed E-state index contributed by atoms with van der Waals surface area (Å²) in [7, 11) is 0. The molecule has 1 aromatic carbocycles. The van der Waals surface area contributed by atoms with Crippen molar-refractivity contribution < 1.29 is 14.3 Å². The third-order valence-corrected chi connectivity index (χ3v) is 5.09. The molecule has 0 unspecified atom stereocenters. The van der Waals surface area contributed by atoms with Crippen molar-refractivity contribution in [1.82, 2.24) is 14.9 Å². The van der Waals surface area contributed by atoms with Gasteiger partial charge in [0.15, 0.2) is 0 Å². The van der Waals surface area contributed by atoms with Gasteiger partial charge in [0.05, 0.1) is 30.0 Å². The summed E-state index contributed by atoms with van der Waals surface area (Å²) < 4.78 is 5.36. The molecule has 1 fully saturated rings. The van der Waals surface area contributed by atoms with Gasteiger partial charge in [-0.1, -0.05) is 11.6 Å². The molecule has 3 heterocycles. The number of nitrogens with zero attached hydrogens (tertiary/aromatic N) is 3. The lowest BCUT2D eigenvalue weighted by Crippen LogP contribution is -2.40. The highest BCUT2D eigenvalue weighted by atomic mass is 35.5. The van der Waals surface area contributed by atoms with Crippen LogP contribution in [0.5, 0.6) is 0 Å². The Balaban J connectivity index is 1.78. The zero-order chi connectivity index (χ0) is 20.4. The molecule has 1 aliphatic rings. The van der Waals surface area contributed by atoms with E-state index in [4.69, 9.17) is 21.3 Å². The fourth-order valence-corrected chi connectivity index (χ4v) is 3.57. The first-order chi connectivity index (χ1) is 14.0. The number of morpholine rings is 1. The Hall–Kier alpha value is -2.83. The topological polar surface area (TPSA) is 72.4 Å². The minimum Gasteiger partial charge on any atom is -0.378 e. The summed E-state index contributed by atoms with van der Waals surface area (Å²) in [5, 5.41) is 1.28. The van der Waals surface area contributed by atoms with Crippen LogP contribution in [0.2, 0.25) is 5.02 Å². The molecular weight excluding hydrogens is 390 g/mol. The maximum Gasteiger partial charge on any atom is 0.254 e. The SMILES string of the molecule is CC(=O)Cc1ccc(-c2cc(C(=O)N3CCOCC3)c3cc(Cl)ccc3n2)cn1. The van der Waals surface area contributed by atoms with Crippen LogP contribution in [0.3, 0.4) is 0 Å². The van der Waals surface area contributed by atoms with E-state index in [9.17, 15) is 9.59 Å². The van der Waals surface area contributed by atoms with Crippen LogP contribution in [0.15, 0.2) is 42.6 Å². The fourth-order valence-electron chi connectivity index (χ4n) is 3.40. The number of ketones is 1. The zero-order valence-electron chi connectivity index (χ0n) is 16.0. The highest BCUT2D eigenvalue weighted by Crippen LogP contribution is 2.28. The monoisotopic (exact) mass is 409 g/mol. The molecule has 3 aromatic rings. The number of Topliss-reactive ketones (excluding diaryl/α,β-unsaturated/α-hetero) is 1. The van der Waals surface area contributed by atoms with Gasteiger partial charge in [-0.05, 0) is 43.3 Å². The summed E-state index contributed by atoms with van der Waals surface area (Å²) >= 11 is 6.19. The first-order valence-electron chi connectivity index (χ1n) is 9.43. The highest BCUT2D eigenvalue weighted by molar-refractivity contribution is 6.31. The second kappa shape index (κ2) is 8.27. The first kappa shape index (κ1) is 19.5. The maximum atomic E-state index is 13.2. The molecule has 0 spiro atoms. The van der Waals surface area contributed by atoms with Gasteiger partial charge < -0.3 is 9.64 Å². The van der Waals surface area contributed by atoms with Crippen LogP contribution in [0, 0.1) is 0 Å². The van der Waals surface area contributed by atoms with Gasteiger partial charge in [-0.2, -0.15) is 0 Å². The number of carbonyl (C=O) groups is 2. The van der Waals surface area contributed by atoms with E-state index in [2.05, 4.69) is 4.98 Å². The van der Waals surface area contributed by atoms with Crippen LogP contribution in [-0.4, -0.2) is 52.9 Å². The molecular formula is C22H20ClN3O3. The number of ether oxygens (including phenoxy) is 1. The number of aromatic nitrogens is 2. The molecule has 0 saturated carbocycles. The summed E-state index contributed by atoms with van der Waals surface area (Å²) in [5.41, 5.74) is 3.39. The Morgan fingerprint density at radius 2 is 1.93 bits per heavy atom. The number of fused-ring (bicyclic) bond motifs is 1. The summed E-state index contributed by atoms with van der Waals surface area (Å²) in [6.07, 6.45) is 1.98. The summed E-state index contributed by atoms with van der Waals surface area (Å²) in [5.74, 6) is -0.00488. The predicted molar refractivity (Wildman–Crippen MR) is 111 cm³/mol. The lowest BCUT2D eigenvalue weighted by atomic mass is 10.0. The van der Waals surface area contributed by atoms with Crippen molar-refractivity contribution in [2.45, 2.75) is 13.3 Å². The molecule has 7 heteroatoms.